The summed E-state index contributed by atoms with van der Waals surface area (Å²) in [5.74, 6) is 0.401. The van der Waals surface area contributed by atoms with Crippen molar-refractivity contribution < 1.29 is 14.3 Å². The number of methoxy groups -OCH3 is 1. The van der Waals surface area contributed by atoms with Crippen molar-refractivity contribution >= 4 is 35.0 Å². The normalized spacial score (nSPS) is 11.6. The molecule has 2 aromatic carbocycles. The summed E-state index contributed by atoms with van der Waals surface area (Å²) in [7, 11) is 1.60. The summed E-state index contributed by atoms with van der Waals surface area (Å²) in [4.78, 5) is 27.4. The molecule has 0 aliphatic rings. The van der Waals surface area contributed by atoms with Gasteiger partial charge in [-0.3, -0.25) is 9.59 Å². The van der Waals surface area contributed by atoms with E-state index in [1.165, 1.54) is 0 Å². The van der Waals surface area contributed by atoms with Crippen LogP contribution in [-0.4, -0.2) is 36.4 Å². The first-order valence-corrected chi connectivity index (χ1v) is 10.7. The Labute approximate surface area is 188 Å². The van der Waals surface area contributed by atoms with Gasteiger partial charge in [-0.25, -0.2) is 0 Å². The Kier molecular flexibility index (Phi) is 9.47. The molecule has 0 aromatic heterocycles. The molecule has 30 heavy (non-hydrogen) atoms. The van der Waals surface area contributed by atoms with Crippen molar-refractivity contribution in [1.29, 1.82) is 0 Å². The van der Waals surface area contributed by atoms with Crippen molar-refractivity contribution in [2.45, 2.75) is 45.7 Å². The molecule has 0 spiro atoms. The molecule has 2 aromatic rings. The van der Waals surface area contributed by atoms with E-state index < -0.39 is 6.04 Å². The number of hydrogen-bond donors (Lipinski definition) is 1. The molecule has 0 radical (unpaired) electrons. The van der Waals surface area contributed by atoms with Crippen LogP contribution in [0.15, 0.2) is 42.5 Å². The van der Waals surface area contributed by atoms with Crippen LogP contribution < -0.4 is 10.1 Å². The fourth-order valence-electron chi connectivity index (χ4n) is 2.97. The van der Waals surface area contributed by atoms with E-state index in [2.05, 4.69) is 12.2 Å². The Morgan fingerprint density at radius 1 is 1.07 bits per heavy atom. The number of rotatable bonds is 10. The predicted octanol–water partition coefficient (Wildman–Crippen LogP) is 4.88. The molecule has 0 bridgehead atoms. The van der Waals surface area contributed by atoms with E-state index >= 15 is 0 Å². The Morgan fingerprint density at radius 3 is 2.33 bits per heavy atom. The highest BCUT2D eigenvalue weighted by molar-refractivity contribution is 6.42. The zero-order valence-electron chi connectivity index (χ0n) is 17.6. The number of nitrogens with zero attached hydrogens (tertiary/aromatic N) is 1. The maximum atomic E-state index is 13.2. The summed E-state index contributed by atoms with van der Waals surface area (Å²) in [6.07, 6.45) is 2.06. The smallest absolute Gasteiger partial charge is 0.242 e. The number of ether oxygens (including phenoxy) is 1. The molecule has 1 atom stereocenters. The standard InChI is InChI=1S/C23H28Cl2N2O3/c1-4-5-12-26-23(29)16(2)27(15-18-8-11-20(24)21(25)13-18)22(28)14-17-6-9-19(30-3)10-7-17/h6-11,13,16H,4-5,12,14-15H2,1-3H3,(H,26,29)/t16-/m1/s1. The summed E-state index contributed by atoms with van der Waals surface area (Å²) in [5, 5.41) is 3.77. The van der Waals surface area contributed by atoms with Gasteiger partial charge in [0, 0.05) is 13.1 Å². The molecular formula is C23H28Cl2N2O3. The van der Waals surface area contributed by atoms with Crippen LogP contribution in [0.25, 0.3) is 0 Å². The molecule has 0 unspecified atom stereocenters. The van der Waals surface area contributed by atoms with Crippen molar-refractivity contribution in [3.8, 4) is 5.75 Å². The fraction of sp³-hybridized carbons (Fsp3) is 0.391. The van der Waals surface area contributed by atoms with Gasteiger partial charge >= 0.3 is 0 Å². The molecule has 0 saturated heterocycles. The van der Waals surface area contributed by atoms with Gasteiger partial charge in [0.25, 0.3) is 0 Å². The largest absolute Gasteiger partial charge is 0.497 e. The molecule has 5 nitrogen and oxygen atoms in total. The van der Waals surface area contributed by atoms with Crippen LogP contribution in [0.2, 0.25) is 10.0 Å². The number of benzene rings is 2. The van der Waals surface area contributed by atoms with Gasteiger partial charge in [-0.1, -0.05) is 54.7 Å². The number of hydrogen-bond acceptors (Lipinski definition) is 3. The summed E-state index contributed by atoms with van der Waals surface area (Å²) < 4.78 is 5.17. The van der Waals surface area contributed by atoms with Gasteiger partial charge in [-0.2, -0.15) is 0 Å². The van der Waals surface area contributed by atoms with Crippen molar-refractivity contribution in [2.75, 3.05) is 13.7 Å². The number of nitrogens with one attached hydrogen (secondary N) is 1. The average Bonchev–Trinajstić information content (AvgIpc) is 2.74. The van der Waals surface area contributed by atoms with Crippen molar-refractivity contribution in [1.82, 2.24) is 10.2 Å². The molecule has 162 valence electrons. The highest BCUT2D eigenvalue weighted by Gasteiger charge is 2.26. The maximum absolute atomic E-state index is 13.2. The van der Waals surface area contributed by atoms with Crippen LogP contribution >= 0.6 is 23.2 Å². The molecular weight excluding hydrogens is 423 g/mol. The van der Waals surface area contributed by atoms with E-state index in [4.69, 9.17) is 27.9 Å². The number of carbonyl (C=O) groups is 2. The molecule has 0 fully saturated rings. The summed E-state index contributed by atoms with van der Waals surface area (Å²) in [6.45, 7) is 4.65. The predicted molar refractivity (Wildman–Crippen MR) is 121 cm³/mol. The highest BCUT2D eigenvalue weighted by atomic mass is 35.5. The lowest BCUT2D eigenvalue weighted by molar-refractivity contribution is -0.140. The van der Waals surface area contributed by atoms with Gasteiger partial charge in [0.2, 0.25) is 11.8 Å². The van der Waals surface area contributed by atoms with Gasteiger partial charge in [0.1, 0.15) is 11.8 Å². The van der Waals surface area contributed by atoms with E-state index in [-0.39, 0.29) is 24.8 Å². The molecule has 2 amide bonds. The van der Waals surface area contributed by atoms with Crippen LogP contribution in [-0.2, 0) is 22.6 Å². The molecule has 0 aliphatic heterocycles. The first-order chi connectivity index (χ1) is 14.3. The van der Waals surface area contributed by atoms with Gasteiger partial charge in [-0.15, -0.1) is 0 Å². The van der Waals surface area contributed by atoms with Gasteiger partial charge in [0.05, 0.1) is 23.6 Å². The van der Waals surface area contributed by atoms with Crippen LogP contribution in [0.5, 0.6) is 5.75 Å². The van der Waals surface area contributed by atoms with Crippen LogP contribution in [0, 0.1) is 0 Å². The van der Waals surface area contributed by atoms with E-state index in [1.807, 2.05) is 30.3 Å². The van der Waals surface area contributed by atoms with Crippen LogP contribution in [0.3, 0.4) is 0 Å². The zero-order chi connectivity index (χ0) is 22.1. The lowest BCUT2D eigenvalue weighted by Crippen LogP contribution is -2.48. The number of unbranched alkanes of at least 4 members (excludes halogenated alkanes) is 1. The van der Waals surface area contributed by atoms with Crippen molar-refractivity contribution in [3.05, 3.63) is 63.6 Å². The molecule has 7 heteroatoms. The molecule has 2 rings (SSSR count). The Morgan fingerprint density at radius 2 is 1.73 bits per heavy atom. The molecule has 0 aliphatic carbocycles. The van der Waals surface area contributed by atoms with Gasteiger partial charge in [0.15, 0.2) is 0 Å². The third kappa shape index (κ3) is 6.92. The number of amides is 2. The summed E-state index contributed by atoms with van der Waals surface area (Å²) in [6, 6.07) is 11.9. The van der Waals surface area contributed by atoms with Gasteiger partial charge in [-0.05, 0) is 48.7 Å². The zero-order valence-corrected chi connectivity index (χ0v) is 19.1. The fourth-order valence-corrected chi connectivity index (χ4v) is 3.29. The third-order valence-corrected chi connectivity index (χ3v) is 5.59. The first-order valence-electron chi connectivity index (χ1n) is 9.99. The first kappa shape index (κ1) is 24.0. The number of halogens is 2. The van der Waals surface area contributed by atoms with Gasteiger partial charge < -0.3 is 15.0 Å². The van der Waals surface area contributed by atoms with Crippen molar-refractivity contribution in [2.24, 2.45) is 0 Å². The lowest BCUT2D eigenvalue weighted by Gasteiger charge is -2.29. The van der Waals surface area contributed by atoms with Crippen molar-refractivity contribution in [3.63, 3.8) is 0 Å². The quantitative estimate of drug-likeness (QED) is 0.524. The van der Waals surface area contributed by atoms with E-state index in [0.717, 1.165) is 29.7 Å². The summed E-state index contributed by atoms with van der Waals surface area (Å²) >= 11 is 12.1. The third-order valence-electron chi connectivity index (χ3n) is 4.85. The Bertz CT molecular complexity index is 856. The minimum Gasteiger partial charge on any atom is -0.497 e. The Balaban J connectivity index is 2.20. The summed E-state index contributed by atoms with van der Waals surface area (Å²) in [5.41, 5.74) is 1.65. The highest BCUT2D eigenvalue weighted by Crippen LogP contribution is 2.24. The SMILES string of the molecule is CCCCNC(=O)[C@@H](C)N(Cc1ccc(Cl)c(Cl)c1)C(=O)Cc1ccc(OC)cc1. The van der Waals surface area contributed by atoms with E-state index in [1.54, 1.807) is 31.1 Å². The second-order valence-corrected chi connectivity index (χ2v) is 7.93. The minimum absolute atomic E-state index is 0.149. The van der Waals surface area contributed by atoms with Crippen LogP contribution in [0.1, 0.15) is 37.8 Å². The van der Waals surface area contributed by atoms with E-state index in [0.29, 0.717) is 16.6 Å². The second-order valence-electron chi connectivity index (χ2n) is 7.12. The lowest BCUT2D eigenvalue weighted by atomic mass is 10.1. The maximum Gasteiger partial charge on any atom is 0.242 e. The molecule has 0 heterocycles. The number of carbonyl (C=O) groups excluding carboxylic acids is 2. The molecule has 1 N–H and O–H groups in total. The second kappa shape index (κ2) is 11.8. The van der Waals surface area contributed by atoms with Crippen LogP contribution in [0.4, 0.5) is 0 Å². The van der Waals surface area contributed by atoms with E-state index in [9.17, 15) is 9.59 Å². The molecule has 0 saturated carbocycles. The average molecular weight is 451 g/mol. The topological polar surface area (TPSA) is 58.6 Å². The monoisotopic (exact) mass is 450 g/mol. The Hall–Kier alpha value is -2.24. The minimum atomic E-state index is -0.623.